The van der Waals surface area contributed by atoms with Crippen LogP contribution in [0.15, 0.2) is 43.0 Å². The van der Waals surface area contributed by atoms with Gasteiger partial charge in [0.05, 0.1) is 17.2 Å². The van der Waals surface area contributed by atoms with Crippen molar-refractivity contribution in [1.29, 1.82) is 0 Å². The number of rotatable bonds is 15. The highest BCUT2D eigenvalue weighted by Gasteiger charge is 2.34. The molecule has 0 radical (unpaired) electrons. The number of hydrogen-bond acceptors (Lipinski definition) is 4. The van der Waals surface area contributed by atoms with E-state index < -0.39 is 4.87 Å². The number of hydrogen-bond donors (Lipinski definition) is 0. The zero-order valence-corrected chi connectivity index (χ0v) is 19.2. The van der Waals surface area contributed by atoms with E-state index in [0.717, 1.165) is 24.8 Å². The molecule has 0 N–H and O–H groups in total. The lowest BCUT2D eigenvalue weighted by Gasteiger charge is -2.16. The third kappa shape index (κ3) is 11.8. The van der Waals surface area contributed by atoms with E-state index in [9.17, 15) is 4.79 Å². The van der Waals surface area contributed by atoms with Gasteiger partial charge in [0.2, 0.25) is 0 Å². The molecule has 0 fully saturated rings. The van der Waals surface area contributed by atoms with Gasteiger partial charge in [-0.2, -0.15) is 0 Å². The lowest BCUT2D eigenvalue weighted by atomic mass is 10.1. The largest absolute Gasteiger partial charge is 0.466 e. The monoisotopic (exact) mass is 431 g/mol. The predicted molar refractivity (Wildman–Crippen MR) is 128 cm³/mol. The van der Waals surface area contributed by atoms with Gasteiger partial charge in [-0.25, -0.2) is 6.57 Å². The Balaban J connectivity index is 2.17. The maximum absolute atomic E-state index is 12.0. The summed E-state index contributed by atoms with van der Waals surface area (Å²) < 4.78 is 6.02. The van der Waals surface area contributed by atoms with Crippen molar-refractivity contribution in [3.8, 4) is 0 Å². The van der Waals surface area contributed by atoms with Crippen molar-refractivity contribution in [2.24, 2.45) is 0 Å². The van der Waals surface area contributed by atoms with E-state index in [-0.39, 0.29) is 12.4 Å². The van der Waals surface area contributed by atoms with Gasteiger partial charge < -0.3 is 4.74 Å². The summed E-state index contributed by atoms with van der Waals surface area (Å²) in [6.07, 6.45) is 12.0. The van der Waals surface area contributed by atoms with Crippen LogP contribution in [0.1, 0.15) is 76.7 Å². The molecule has 0 amide bonds. The molecule has 1 aromatic carbocycles. The van der Waals surface area contributed by atoms with Gasteiger partial charge in [0.25, 0.3) is 4.87 Å². The second-order valence-electron chi connectivity index (χ2n) is 7.32. The molecule has 1 rings (SSSR count). The van der Waals surface area contributed by atoms with E-state index >= 15 is 0 Å². The molecule has 5 heteroatoms. The molecule has 0 saturated carbocycles. The van der Waals surface area contributed by atoms with Crippen LogP contribution in [-0.4, -0.2) is 21.6 Å². The molecule has 0 bridgehead atoms. The van der Waals surface area contributed by atoms with E-state index in [1.807, 2.05) is 43.3 Å². The first-order chi connectivity index (χ1) is 14.0. The molecule has 3 nitrogen and oxygen atoms in total. The van der Waals surface area contributed by atoms with Crippen LogP contribution in [0.3, 0.4) is 0 Å². The second-order valence-corrected chi connectivity index (χ2v) is 9.47. The molecule has 0 heterocycles. The van der Waals surface area contributed by atoms with Gasteiger partial charge in [0.15, 0.2) is 0 Å². The number of carbonyl (C=O) groups excluding carboxylic acids is 1. The van der Waals surface area contributed by atoms with Crippen LogP contribution in [0, 0.1) is 6.57 Å². The lowest BCUT2D eigenvalue weighted by Crippen LogP contribution is -2.20. The lowest BCUT2D eigenvalue weighted by molar-refractivity contribution is -0.143. The van der Waals surface area contributed by atoms with E-state index in [2.05, 4.69) is 11.4 Å². The van der Waals surface area contributed by atoms with E-state index in [1.165, 1.54) is 43.9 Å². The fraction of sp³-hybridized carbons (Fsp3) is 0.542. The molecule has 0 aliphatic rings. The van der Waals surface area contributed by atoms with Crippen molar-refractivity contribution in [3.63, 3.8) is 0 Å². The van der Waals surface area contributed by atoms with Crippen molar-refractivity contribution in [3.05, 3.63) is 60.0 Å². The Morgan fingerprint density at radius 2 is 1.79 bits per heavy atom. The summed E-state index contributed by atoms with van der Waals surface area (Å²) in [5.74, 6) is -0.226. The quantitative estimate of drug-likeness (QED) is 0.0954. The molecule has 0 aromatic heterocycles. The smallest absolute Gasteiger partial charge is 0.306 e. The molecule has 1 unspecified atom stereocenters. The van der Waals surface area contributed by atoms with Crippen molar-refractivity contribution in [2.75, 3.05) is 6.61 Å². The molecule has 1 aromatic rings. The third-order valence-corrected chi connectivity index (χ3v) is 6.31. The number of allylic oxidation sites excluding steroid dienone is 1. The molecule has 29 heavy (non-hydrogen) atoms. The van der Waals surface area contributed by atoms with Crippen LogP contribution >= 0.6 is 24.0 Å². The molecule has 0 aliphatic heterocycles. The molecule has 158 valence electrons. The number of nitrogens with zero attached hydrogens (tertiary/aromatic N) is 1. The average Bonchev–Trinajstić information content (AvgIpc) is 2.74. The van der Waals surface area contributed by atoms with Gasteiger partial charge in [-0.3, -0.25) is 9.64 Å². The number of thiocarbonyl (C=S) groups is 1. The fourth-order valence-corrected chi connectivity index (χ4v) is 4.41. The van der Waals surface area contributed by atoms with Crippen LogP contribution in [-0.2, 0) is 9.53 Å². The number of esters is 1. The van der Waals surface area contributed by atoms with Crippen LogP contribution in [0.5, 0.6) is 0 Å². The molecule has 0 saturated heterocycles. The van der Waals surface area contributed by atoms with Crippen LogP contribution in [0.4, 0.5) is 0 Å². The molecular formula is C24H33NO2S2. The molecule has 1 atom stereocenters. The van der Waals surface area contributed by atoms with Crippen molar-refractivity contribution >= 4 is 34.1 Å². The Labute approximate surface area is 186 Å². The summed E-state index contributed by atoms with van der Waals surface area (Å²) in [5, 5.41) is 0. The first kappa shape index (κ1) is 25.4. The van der Waals surface area contributed by atoms with Crippen molar-refractivity contribution in [2.45, 2.75) is 76.0 Å². The summed E-state index contributed by atoms with van der Waals surface area (Å²) in [6.45, 7) is 13.6. The summed E-state index contributed by atoms with van der Waals surface area (Å²) >= 11 is 6.81. The standard InChI is InChI=1S/C24H33NO2S2/c1-4-5-6-7-8-9-10-11-15-20-27-22(26)18-19-24(2,25-3)29-23(28)21-16-13-12-14-17-21/h4,12-14,16-17H,1,5-11,15,18-20H2,2H3. The van der Waals surface area contributed by atoms with Gasteiger partial charge in [-0.15, -0.1) is 6.58 Å². The highest BCUT2D eigenvalue weighted by atomic mass is 32.2. The second kappa shape index (κ2) is 15.2. The van der Waals surface area contributed by atoms with Crippen LogP contribution in [0.2, 0.25) is 0 Å². The fourth-order valence-electron chi connectivity index (χ4n) is 2.83. The maximum atomic E-state index is 12.0. The SMILES string of the molecule is [C-]#[N+]C(C)(CCC(=O)OCCCCCCCCCC=C)SC(=S)c1ccccc1. The third-order valence-electron chi connectivity index (χ3n) is 4.67. The minimum atomic E-state index is -0.752. The summed E-state index contributed by atoms with van der Waals surface area (Å²) in [7, 11) is 0. The first-order valence-electron chi connectivity index (χ1n) is 10.4. The van der Waals surface area contributed by atoms with Gasteiger partial charge >= 0.3 is 5.97 Å². The average molecular weight is 432 g/mol. The van der Waals surface area contributed by atoms with E-state index in [4.69, 9.17) is 23.5 Å². The van der Waals surface area contributed by atoms with Crippen molar-refractivity contribution < 1.29 is 9.53 Å². The minimum Gasteiger partial charge on any atom is -0.466 e. The zero-order chi connectivity index (χ0) is 21.4. The van der Waals surface area contributed by atoms with Gasteiger partial charge in [0.1, 0.15) is 0 Å². The van der Waals surface area contributed by atoms with Gasteiger partial charge in [-0.05, 0) is 36.6 Å². The zero-order valence-electron chi connectivity index (χ0n) is 17.5. The predicted octanol–water partition coefficient (Wildman–Crippen LogP) is 7.36. The Morgan fingerprint density at radius 3 is 2.41 bits per heavy atom. The summed E-state index contributed by atoms with van der Waals surface area (Å²) in [5.41, 5.74) is 0.936. The van der Waals surface area contributed by atoms with E-state index in [0.29, 0.717) is 17.2 Å². The highest BCUT2D eigenvalue weighted by Crippen LogP contribution is 2.35. The Hall–Kier alpha value is -1.64. The number of ether oxygens (including phenoxy) is 1. The summed E-state index contributed by atoms with van der Waals surface area (Å²) in [4.78, 5) is 15.0. The van der Waals surface area contributed by atoms with Crippen molar-refractivity contribution in [1.82, 2.24) is 0 Å². The molecule has 0 spiro atoms. The molecular weight excluding hydrogens is 398 g/mol. The highest BCUT2D eigenvalue weighted by molar-refractivity contribution is 8.24. The topological polar surface area (TPSA) is 30.7 Å². The normalized spacial score (nSPS) is 12.6. The number of benzene rings is 1. The first-order valence-corrected chi connectivity index (χ1v) is 11.7. The van der Waals surface area contributed by atoms with Crippen LogP contribution < -0.4 is 0 Å². The van der Waals surface area contributed by atoms with Gasteiger partial charge in [-0.1, -0.05) is 80.7 Å². The summed E-state index contributed by atoms with van der Waals surface area (Å²) in [6, 6.07) is 9.67. The number of unbranched alkanes of at least 4 members (excludes halogenated alkanes) is 7. The molecule has 0 aliphatic carbocycles. The Kier molecular flexibility index (Phi) is 13.3. The number of thioether (sulfide) groups is 1. The number of carbonyl (C=O) groups is 1. The maximum Gasteiger partial charge on any atom is 0.306 e. The Bertz CT molecular complexity index is 669. The van der Waals surface area contributed by atoms with Crippen LogP contribution in [0.25, 0.3) is 4.85 Å². The minimum absolute atomic E-state index is 0.226. The van der Waals surface area contributed by atoms with Gasteiger partial charge in [0, 0.05) is 13.3 Å². The Morgan fingerprint density at radius 1 is 1.17 bits per heavy atom. The van der Waals surface area contributed by atoms with E-state index in [1.54, 1.807) is 0 Å².